The van der Waals surface area contributed by atoms with Crippen LogP contribution >= 0.6 is 0 Å². The lowest BCUT2D eigenvalue weighted by Gasteiger charge is -2.35. The highest BCUT2D eigenvalue weighted by Crippen LogP contribution is 2.31. The molecule has 1 aromatic carbocycles. The number of ether oxygens (including phenoxy) is 1. The van der Waals surface area contributed by atoms with E-state index in [1.54, 1.807) is 0 Å². The molecule has 1 aromatic rings. The molecule has 0 spiro atoms. The fraction of sp³-hybridized carbons (Fsp3) is 0.533. The first-order chi connectivity index (χ1) is 8.75. The van der Waals surface area contributed by atoms with Crippen LogP contribution in [0.2, 0.25) is 0 Å². The number of carbonyl (C=O) groups excluding carboxylic acids is 1. The van der Waals surface area contributed by atoms with Crippen molar-refractivity contribution in [2.24, 2.45) is 11.8 Å². The largest absolute Gasteiger partial charge is 0.492 e. The molecule has 3 rings (SSSR count). The van der Waals surface area contributed by atoms with Gasteiger partial charge in [0.2, 0.25) is 0 Å². The van der Waals surface area contributed by atoms with E-state index in [1.165, 1.54) is 6.42 Å². The Balaban J connectivity index is 1.82. The first-order valence-corrected chi connectivity index (χ1v) is 6.75. The van der Waals surface area contributed by atoms with E-state index in [2.05, 4.69) is 12.2 Å². The Morgan fingerprint density at radius 2 is 2.17 bits per heavy atom. The van der Waals surface area contributed by atoms with E-state index in [0.29, 0.717) is 12.5 Å². The first-order valence-electron chi connectivity index (χ1n) is 6.75. The van der Waals surface area contributed by atoms with Crippen molar-refractivity contribution in [1.29, 1.82) is 0 Å². The Hall–Kier alpha value is -1.35. The summed E-state index contributed by atoms with van der Waals surface area (Å²) < 4.78 is 5.73. The molecule has 18 heavy (non-hydrogen) atoms. The van der Waals surface area contributed by atoms with E-state index >= 15 is 0 Å². The van der Waals surface area contributed by atoms with Gasteiger partial charge in [-0.25, -0.2) is 0 Å². The predicted molar refractivity (Wildman–Crippen MR) is 69.9 cm³/mol. The van der Waals surface area contributed by atoms with Crippen LogP contribution in [0.1, 0.15) is 30.1 Å². The summed E-state index contributed by atoms with van der Waals surface area (Å²) in [5.41, 5.74) is 0.744. The van der Waals surface area contributed by atoms with Gasteiger partial charge >= 0.3 is 0 Å². The minimum atomic E-state index is -0.0253. The van der Waals surface area contributed by atoms with Crippen LogP contribution in [0.4, 0.5) is 0 Å². The lowest BCUT2D eigenvalue weighted by atomic mass is 9.82. The van der Waals surface area contributed by atoms with Crippen molar-refractivity contribution in [3.05, 3.63) is 29.8 Å². The zero-order chi connectivity index (χ0) is 12.5. The van der Waals surface area contributed by atoms with Crippen LogP contribution in [-0.4, -0.2) is 25.0 Å². The molecule has 3 unspecified atom stereocenters. The Morgan fingerprint density at radius 3 is 3.00 bits per heavy atom. The van der Waals surface area contributed by atoms with Crippen molar-refractivity contribution >= 4 is 5.78 Å². The summed E-state index contributed by atoms with van der Waals surface area (Å²) in [6.07, 6.45) is 2.27. The lowest BCUT2D eigenvalue weighted by molar-refractivity contribution is 0.0745. The third-order valence-electron chi connectivity index (χ3n) is 4.09. The SMILES string of the molecule is CC1CCNC(C2COc3ccccc3C2=O)C1. The Morgan fingerprint density at radius 1 is 1.33 bits per heavy atom. The van der Waals surface area contributed by atoms with E-state index in [9.17, 15) is 4.79 Å². The van der Waals surface area contributed by atoms with Gasteiger partial charge < -0.3 is 10.1 Å². The zero-order valence-electron chi connectivity index (χ0n) is 10.7. The number of benzene rings is 1. The summed E-state index contributed by atoms with van der Waals surface area (Å²) in [5, 5.41) is 3.48. The van der Waals surface area contributed by atoms with Gasteiger partial charge in [-0.2, -0.15) is 0 Å². The van der Waals surface area contributed by atoms with Crippen molar-refractivity contribution in [3.8, 4) is 5.75 Å². The molecule has 3 heteroatoms. The van der Waals surface area contributed by atoms with Gasteiger partial charge in [-0.15, -0.1) is 0 Å². The van der Waals surface area contributed by atoms with Gasteiger partial charge in [0.15, 0.2) is 5.78 Å². The maximum Gasteiger partial charge on any atom is 0.174 e. The second kappa shape index (κ2) is 4.73. The number of fused-ring (bicyclic) bond motifs is 1. The van der Waals surface area contributed by atoms with E-state index in [0.717, 1.165) is 24.3 Å². The average molecular weight is 245 g/mol. The number of ketones is 1. The van der Waals surface area contributed by atoms with E-state index < -0.39 is 0 Å². The number of hydrogen-bond donors (Lipinski definition) is 1. The van der Waals surface area contributed by atoms with Crippen LogP contribution in [0.3, 0.4) is 0 Å². The quantitative estimate of drug-likeness (QED) is 0.825. The summed E-state index contributed by atoms with van der Waals surface area (Å²) in [5.74, 6) is 1.65. The van der Waals surface area contributed by atoms with Crippen LogP contribution < -0.4 is 10.1 Å². The van der Waals surface area contributed by atoms with Crippen molar-refractivity contribution in [2.75, 3.05) is 13.2 Å². The van der Waals surface area contributed by atoms with Crippen molar-refractivity contribution < 1.29 is 9.53 Å². The molecule has 3 nitrogen and oxygen atoms in total. The molecule has 0 saturated carbocycles. The van der Waals surface area contributed by atoms with Crippen molar-refractivity contribution in [2.45, 2.75) is 25.8 Å². The topological polar surface area (TPSA) is 38.3 Å². The monoisotopic (exact) mass is 245 g/mol. The molecule has 0 amide bonds. The Bertz CT molecular complexity index is 458. The van der Waals surface area contributed by atoms with E-state index in [1.807, 2.05) is 24.3 Å². The number of carbonyl (C=O) groups is 1. The molecule has 1 saturated heterocycles. The first kappa shape index (κ1) is 11.7. The summed E-state index contributed by atoms with van der Waals surface area (Å²) in [4.78, 5) is 12.5. The minimum Gasteiger partial charge on any atom is -0.492 e. The third kappa shape index (κ3) is 2.03. The highest BCUT2D eigenvalue weighted by Gasteiger charge is 2.36. The number of hydrogen-bond acceptors (Lipinski definition) is 3. The van der Waals surface area contributed by atoms with Crippen LogP contribution in [0.5, 0.6) is 5.75 Å². The van der Waals surface area contributed by atoms with Crippen LogP contribution in [-0.2, 0) is 0 Å². The van der Waals surface area contributed by atoms with E-state index in [4.69, 9.17) is 4.74 Å². The standard InChI is InChI=1S/C15H19NO2/c1-10-6-7-16-13(8-10)12-9-18-14-5-3-2-4-11(14)15(12)17/h2-5,10,12-13,16H,6-9H2,1H3. The van der Waals surface area contributed by atoms with Gasteiger partial charge in [-0.3, -0.25) is 4.79 Å². The highest BCUT2D eigenvalue weighted by molar-refractivity contribution is 6.01. The van der Waals surface area contributed by atoms with Gasteiger partial charge in [0, 0.05) is 6.04 Å². The van der Waals surface area contributed by atoms with Crippen LogP contribution in [0, 0.1) is 11.8 Å². The molecule has 0 radical (unpaired) electrons. The molecule has 2 heterocycles. The van der Waals surface area contributed by atoms with E-state index in [-0.39, 0.29) is 17.7 Å². The lowest BCUT2D eigenvalue weighted by Crippen LogP contribution is -2.48. The molecule has 96 valence electrons. The van der Waals surface area contributed by atoms with Crippen LogP contribution in [0.15, 0.2) is 24.3 Å². The third-order valence-corrected chi connectivity index (χ3v) is 4.09. The van der Waals surface area contributed by atoms with Crippen molar-refractivity contribution in [3.63, 3.8) is 0 Å². The fourth-order valence-corrected chi connectivity index (χ4v) is 3.01. The number of Topliss-reactive ketones (excluding diaryl/α,β-unsaturated/α-hetero) is 1. The average Bonchev–Trinajstić information content (AvgIpc) is 2.39. The molecule has 0 aliphatic carbocycles. The molecular formula is C15H19NO2. The smallest absolute Gasteiger partial charge is 0.174 e. The summed E-state index contributed by atoms with van der Waals surface area (Å²) in [6, 6.07) is 7.83. The maximum absolute atomic E-state index is 12.5. The van der Waals surface area contributed by atoms with Crippen molar-refractivity contribution in [1.82, 2.24) is 5.32 Å². The van der Waals surface area contributed by atoms with Gasteiger partial charge in [0.25, 0.3) is 0 Å². The molecule has 1 fully saturated rings. The summed E-state index contributed by atoms with van der Waals surface area (Å²) >= 11 is 0. The molecule has 0 bridgehead atoms. The minimum absolute atomic E-state index is 0.0253. The maximum atomic E-state index is 12.5. The van der Waals surface area contributed by atoms with Gasteiger partial charge in [-0.1, -0.05) is 19.1 Å². The molecule has 2 aliphatic rings. The highest BCUT2D eigenvalue weighted by atomic mass is 16.5. The van der Waals surface area contributed by atoms with Gasteiger partial charge in [0.05, 0.1) is 18.1 Å². The van der Waals surface area contributed by atoms with Gasteiger partial charge in [0.1, 0.15) is 5.75 Å². The molecule has 2 aliphatic heterocycles. The molecule has 1 N–H and O–H groups in total. The van der Waals surface area contributed by atoms with Crippen LogP contribution in [0.25, 0.3) is 0 Å². The second-order valence-electron chi connectivity index (χ2n) is 5.47. The summed E-state index contributed by atoms with van der Waals surface area (Å²) in [7, 11) is 0. The number of nitrogens with one attached hydrogen (secondary N) is 1. The normalized spacial score (nSPS) is 31.6. The number of piperidine rings is 1. The fourth-order valence-electron chi connectivity index (χ4n) is 3.01. The zero-order valence-corrected chi connectivity index (χ0v) is 10.7. The predicted octanol–water partition coefficient (Wildman–Crippen LogP) is 2.27. The number of para-hydroxylation sites is 1. The Kier molecular flexibility index (Phi) is 3.08. The van der Waals surface area contributed by atoms with Gasteiger partial charge in [-0.05, 0) is 37.4 Å². The molecular weight excluding hydrogens is 226 g/mol. The summed E-state index contributed by atoms with van der Waals surface area (Å²) in [6.45, 7) is 3.79. The molecule has 0 aromatic heterocycles. The number of rotatable bonds is 1. The molecule has 3 atom stereocenters. The second-order valence-corrected chi connectivity index (χ2v) is 5.47. The Labute approximate surface area is 108 Å².